The monoisotopic (exact) mass is 472 g/mol. The Morgan fingerprint density at radius 2 is 1.71 bits per heavy atom. The third-order valence-corrected chi connectivity index (χ3v) is 5.56. The van der Waals surface area contributed by atoms with Gasteiger partial charge in [0.2, 0.25) is 11.0 Å². The van der Waals surface area contributed by atoms with Gasteiger partial charge < -0.3 is 5.32 Å². The van der Waals surface area contributed by atoms with Crippen LogP contribution in [0.5, 0.6) is 0 Å². The smallest absolute Gasteiger partial charge is 0.222 e. The van der Waals surface area contributed by atoms with E-state index in [1.54, 1.807) is 4.68 Å². The summed E-state index contributed by atoms with van der Waals surface area (Å²) < 4.78 is 2.65. The van der Waals surface area contributed by atoms with E-state index in [0.29, 0.717) is 16.0 Å². The van der Waals surface area contributed by atoms with Crippen molar-refractivity contribution in [3.05, 3.63) is 69.5 Å². The molecule has 4 rings (SSSR count). The molecule has 0 aliphatic carbocycles. The normalized spacial score (nSPS) is 10.8. The molecule has 140 valence electrons. The number of anilines is 1. The van der Waals surface area contributed by atoms with E-state index in [1.165, 1.54) is 18.3 Å². The summed E-state index contributed by atoms with van der Waals surface area (Å²) in [6.45, 7) is 1.47. The van der Waals surface area contributed by atoms with Crippen molar-refractivity contribution >= 4 is 50.6 Å². The molecule has 8 heteroatoms. The highest BCUT2D eigenvalue weighted by molar-refractivity contribution is 9.10. The van der Waals surface area contributed by atoms with Crippen LogP contribution in [0.15, 0.2) is 64.5 Å². The van der Waals surface area contributed by atoms with E-state index in [4.69, 9.17) is 11.6 Å². The number of carbonyl (C=O) groups is 1. The molecule has 5 nitrogen and oxygen atoms in total. The van der Waals surface area contributed by atoms with E-state index < -0.39 is 0 Å². The maximum atomic E-state index is 11.7. The molecule has 0 saturated heterocycles. The maximum absolute atomic E-state index is 11.7. The number of amides is 1. The van der Waals surface area contributed by atoms with Gasteiger partial charge in [-0.3, -0.25) is 4.79 Å². The van der Waals surface area contributed by atoms with Gasteiger partial charge in [0, 0.05) is 39.0 Å². The van der Waals surface area contributed by atoms with Crippen LogP contribution in [0.1, 0.15) is 6.92 Å². The Bertz CT molecular complexity index is 1140. The number of rotatable bonds is 4. The summed E-state index contributed by atoms with van der Waals surface area (Å²) in [5.41, 5.74) is 3.49. The fourth-order valence-electron chi connectivity index (χ4n) is 2.67. The van der Waals surface area contributed by atoms with E-state index in [2.05, 4.69) is 31.3 Å². The van der Waals surface area contributed by atoms with Gasteiger partial charge in [-0.2, -0.15) is 9.78 Å². The molecule has 1 N–H and O–H groups in total. The molecule has 0 spiro atoms. The van der Waals surface area contributed by atoms with Gasteiger partial charge in [-0.1, -0.05) is 51.8 Å². The summed E-state index contributed by atoms with van der Waals surface area (Å²) in [5, 5.41) is 10.8. The zero-order valence-electron chi connectivity index (χ0n) is 14.7. The second-order valence-electron chi connectivity index (χ2n) is 6.04. The van der Waals surface area contributed by atoms with E-state index in [-0.39, 0.29) is 5.91 Å². The summed E-state index contributed by atoms with van der Waals surface area (Å²) in [4.78, 5) is 16.3. The van der Waals surface area contributed by atoms with Crippen LogP contribution in [-0.4, -0.2) is 20.7 Å². The Morgan fingerprint density at radius 1 is 1.07 bits per heavy atom. The predicted molar refractivity (Wildman–Crippen MR) is 117 cm³/mol. The molecule has 2 aromatic carbocycles. The molecular formula is C20H14BrClN4OS. The molecule has 0 saturated carbocycles. The van der Waals surface area contributed by atoms with Crippen molar-refractivity contribution in [2.75, 3.05) is 5.32 Å². The second kappa shape index (κ2) is 7.87. The molecule has 0 aliphatic rings. The molecule has 0 bridgehead atoms. The zero-order chi connectivity index (χ0) is 19.7. The van der Waals surface area contributed by atoms with E-state index in [9.17, 15) is 4.79 Å². The van der Waals surface area contributed by atoms with Crippen molar-refractivity contribution in [1.29, 1.82) is 0 Å². The van der Waals surface area contributed by atoms with E-state index >= 15 is 0 Å². The highest BCUT2D eigenvalue weighted by Crippen LogP contribution is 2.30. The number of aromatic nitrogens is 3. The Labute approximate surface area is 179 Å². The molecule has 0 fully saturated rings. The third kappa shape index (κ3) is 4.01. The lowest BCUT2D eigenvalue weighted by Crippen LogP contribution is -2.10. The molecular weight excluding hydrogens is 460 g/mol. The van der Waals surface area contributed by atoms with Gasteiger partial charge in [-0.15, -0.1) is 11.3 Å². The number of halogens is 2. The van der Waals surface area contributed by atoms with Crippen LogP contribution in [0.2, 0.25) is 5.02 Å². The van der Waals surface area contributed by atoms with Gasteiger partial charge in [0.1, 0.15) is 5.82 Å². The number of benzene rings is 2. The number of carbonyl (C=O) groups excluding carboxylic acids is 1. The first-order valence-electron chi connectivity index (χ1n) is 8.35. The van der Waals surface area contributed by atoms with Crippen LogP contribution in [0.3, 0.4) is 0 Å². The van der Waals surface area contributed by atoms with Crippen molar-refractivity contribution in [1.82, 2.24) is 14.8 Å². The minimum Gasteiger partial charge on any atom is -0.311 e. The molecule has 1 amide bonds. The van der Waals surface area contributed by atoms with Gasteiger partial charge in [0.05, 0.1) is 11.4 Å². The van der Waals surface area contributed by atoms with Gasteiger partial charge in [0.15, 0.2) is 0 Å². The highest BCUT2D eigenvalue weighted by atomic mass is 79.9. The summed E-state index contributed by atoms with van der Waals surface area (Å²) in [6.07, 6.45) is 0. The second-order valence-corrected chi connectivity index (χ2v) is 8.23. The molecule has 2 aromatic heterocycles. The van der Waals surface area contributed by atoms with Crippen LogP contribution in [0.25, 0.3) is 27.6 Å². The first-order chi connectivity index (χ1) is 13.5. The summed E-state index contributed by atoms with van der Waals surface area (Å²) in [5.74, 6) is 0.403. The van der Waals surface area contributed by atoms with Crippen LogP contribution in [0, 0.1) is 0 Å². The Kier molecular flexibility index (Phi) is 5.30. The quantitative estimate of drug-likeness (QED) is 0.393. The van der Waals surface area contributed by atoms with Crippen LogP contribution >= 0.6 is 38.9 Å². The maximum Gasteiger partial charge on any atom is 0.222 e. The van der Waals surface area contributed by atoms with Crippen molar-refractivity contribution in [2.24, 2.45) is 0 Å². The van der Waals surface area contributed by atoms with Gasteiger partial charge in [0.25, 0.3) is 0 Å². The molecule has 0 atom stereocenters. The summed E-state index contributed by atoms with van der Waals surface area (Å²) in [7, 11) is 0. The topological polar surface area (TPSA) is 59.8 Å². The lowest BCUT2D eigenvalue weighted by atomic mass is 10.1. The number of nitrogens with zero attached hydrogens (tertiary/aromatic N) is 3. The van der Waals surface area contributed by atoms with Crippen LogP contribution < -0.4 is 5.32 Å². The van der Waals surface area contributed by atoms with Gasteiger partial charge >= 0.3 is 0 Å². The van der Waals surface area contributed by atoms with Crippen LogP contribution in [-0.2, 0) is 4.79 Å². The largest absolute Gasteiger partial charge is 0.311 e. The standard InChI is InChI=1S/C20H14BrClN4OS/c1-12(27)23-19-10-17(13-2-6-15(21)7-3-13)25-26(19)20-24-18(11-28-20)14-4-8-16(22)9-5-14/h2-11H,1H3,(H,23,27). The summed E-state index contributed by atoms with van der Waals surface area (Å²) >= 11 is 10.9. The molecule has 4 aromatic rings. The zero-order valence-corrected chi connectivity index (χ0v) is 17.8. The first kappa shape index (κ1) is 18.9. The summed E-state index contributed by atoms with van der Waals surface area (Å²) in [6, 6.07) is 17.2. The van der Waals surface area contributed by atoms with Gasteiger partial charge in [-0.05, 0) is 24.3 Å². The average molecular weight is 474 g/mol. The SMILES string of the molecule is CC(=O)Nc1cc(-c2ccc(Br)cc2)nn1-c1nc(-c2ccc(Cl)cc2)cs1. The minimum atomic E-state index is -0.169. The van der Waals surface area contributed by atoms with Crippen molar-refractivity contribution < 1.29 is 4.79 Å². The number of hydrogen-bond donors (Lipinski definition) is 1. The van der Waals surface area contributed by atoms with E-state index in [0.717, 1.165) is 27.0 Å². The highest BCUT2D eigenvalue weighted by Gasteiger charge is 2.15. The number of nitrogens with one attached hydrogen (secondary N) is 1. The Balaban J connectivity index is 1.74. The van der Waals surface area contributed by atoms with Crippen LogP contribution in [0.4, 0.5) is 5.82 Å². The minimum absolute atomic E-state index is 0.169. The Morgan fingerprint density at radius 3 is 2.39 bits per heavy atom. The Hall–Kier alpha value is -2.48. The lowest BCUT2D eigenvalue weighted by Gasteiger charge is -2.03. The number of thiazole rings is 1. The fourth-order valence-corrected chi connectivity index (χ4v) is 3.86. The third-order valence-electron chi connectivity index (χ3n) is 3.97. The van der Waals surface area contributed by atoms with Crippen molar-refractivity contribution in [3.63, 3.8) is 0 Å². The van der Waals surface area contributed by atoms with E-state index in [1.807, 2.05) is 60.0 Å². The van der Waals surface area contributed by atoms with Gasteiger partial charge in [-0.25, -0.2) is 4.98 Å². The average Bonchev–Trinajstić information content (AvgIpc) is 3.30. The molecule has 0 radical (unpaired) electrons. The van der Waals surface area contributed by atoms with Crippen molar-refractivity contribution in [2.45, 2.75) is 6.92 Å². The fraction of sp³-hybridized carbons (Fsp3) is 0.0500. The molecule has 0 unspecified atom stereocenters. The number of hydrogen-bond acceptors (Lipinski definition) is 4. The first-order valence-corrected chi connectivity index (χ1v) is 10.4. The molecule has 28 heavy (non-hydrogen) atoms. The lowest BCUT2D eigenvalue weighted by molar-refractivity contribution is -0.114. The molecule has 0 aliphatic heterocycles. The predicted octanol–water partition coefficient (Wildman–Crippen LogP) is 6.04. The molecule has 2 heterocycles. The van der Waals surface area contributed by atoms with Crippen molar-refractivity contribution in [3.8, 4) is 27.6 Å².